The van der Waals surface area contributed by atoms with Gasteiger partial charge in [0, 0.05) is 49.9 Å². The van der Waals surface area contributed by atoms with Crippen LogP contribution in [0.3, 0.4) is 0 Å². The number of nitrogens with zero attached hydrogens (tertiary/aromatic N) is 2. The number of benzene rings is 2. The minimum Gasteiger partial charge on any atom is -0.423 e. The van der Waals surface area contributed by atoms with Crippen LogP contribution in [0.4, 0.5) is 5.69 Å². The minimum absolute atomic E-state index is 0.263. The molecule has 0 radical (unpaired) electrons. The fourth-order valence-corrected chi connectivity index (χ4v) is 4.07. The maximum Gasteiger partial charge on any atom is 0.336 e. The van der Waals surface area contributed by atoms with Crippen molar-refractivity contribution in [1.29, 1.82) is 0 Å². The topological polar surface area (TPSA) is 36.7 Å². The summed E-state index contributed by atoms with van der Waals surface area (Å²) in [6, 6.07) is 14.5. The molecule has 1 fully saturated rings. The molecule has 146 valence electrons. The fourth-order valence-electron chi connectivity index (χ4n) is 4.07. The maximum absolute atomic E-state index is 12.0. The Labute approximate surface area is 166 Å². The Balaban J connectivity index is 1.52. The molecule has 1 aliphatic rings. The molecule has 0 amide bonds. The fraction of sp³-hybridized carbons (Fsp3) is 0.375. The number of piperazine rings is 1. The molecule has 3 aromatic rings. The SMILES string of the molecule is CCc1ccc2oc(=O)cc(CN3CCN(c4cc(C)ccc4C)CC3)c2c1. The normalized spacial score (nSPS) is 15.3. The minimum atomic E-state index is -0.263. The summed E-state index contributed by atoms with van der Waals surface area (Å²) in [6.07, 6.45) is 0.975. The monoisotopic (exact) mass is 376 g/mol. The molecule has 2 heterocycles. The van der Waals surface area contributed by atoms with Crippen molar-refractivity contribution >= 4 is 16.7 Å². The summed E-state index contributed by atoms with van der Waals surface area (Å²) in [5.41, 5.74) is 6.74. The molecule has 0 saturated carbocycles. The third kappa shape index (κ3) is 3.83. The lowest BCUT2D eigenvalue weighted by Gasteiger charge is -2.37. The van der Waals surface area contributed by atoms with E-state index in [1.165, 1.54) is 22.4 Å². The van der Waals surface area contributed by atoms with Gasteiger partial charge in [-0.3, -0.25) is 4.90 Å². The van der Waals surface area contributed by atoms with Gasteiger partial charge in [-0.2, -0.15) is 0 Å². The summed E-state index contributed by atoms with van der Waals surface area (Å²) < 4.78 is 5.41. The van der Waals surface area contributed by atoms with Gasteiger partial charge in [0.2, 0.25) is 0 Å². The largest absolute Gasteiger partial charge is 0.423 e. The second kappa shape index (κ2) is 7.80. The third-order valence-electron chi connectivity index (χ3n) is 5.77. The van der Waals surface area contributed by atoms with Gasteiger partial charge in [0.25, 0.3) is 0 Å². The van der Waals surface area contributed by atoms with E-state index in [-0.39, 0.29) is 5.63 Å². The Morgan fingerprint density at radius 3 is 2.50 bits per heavy atom. The zero-order valence-corrected chi connectivity index (χ0v) is 17.0. The van der Waals surface area contributed by atoms with E-state index in [1.807, 2.05) is 12.1 Å². The lowest BCUT2D eigenvalue weighted by molar-refractivity contribution is 0.250. The predicted octanol–water partition coefficient (Wildman–Crippen LogP) is 4.29. The number of anilines is 1. The van der Waals surface area contributed by atoms with E-state index in [0.717, 1.165) is 50.1 Å². The van der Waals surface area contributed by atoms with Crippen molar-refractivity contribution in [2.45, 2.75) is 33.7 Å². The molecule has 0 N–H and O–H groups in total. The molecule has 28 heavy (non-hydrogen) atoms. The lowest BCUT2D eigenvalue weighted by Crippen LogP contribution is -2.46. The van der Waals surface area contributed by atoms with Crippen molar-refractivity contribution in [3.8, 4) is 0 Å². The highest BCUT2D eigenvalue weighted by Gasteiger charge is 2.20. The summed E-state index contributed by atoms with van der Waals surface area (Å²) in [7, 11) is 0. The quantitative estimate of drug-likeness (QED) is 0.637. The maximum atomic E-state index is 12.0. The Morgan fingerprint density at radius 2 is 1.75 bits per heavy atom. The highest BCUT2D eigenvalue weighted by Crippen LogP contribution is 2.25. The standard InChI is InChI=1S/C24H28N2O2/c1-4-19-7-8-23-21(14-19)20(15-24(27)28-23)16-25-9-11-26(12-10-25)22-13-17(2)5-6-18(22)3/h5-8,13-15H,4,9-12,16H2,1-3H3. The molecule has 4 nitrogen and oxygen atoms in total. The summed E-state index contributed by atoms with van der Waals surface area (Å²) in [5, 5.41) is 1.07. The third-order valence-corrected chi connectivity index (χ3v) is 5.77. The van der Waals surface area contributed by atoms with Gasteiger partial charge < -0.3 is 9.32 Å². The molecular formula is C24H28N2O2. The van der Waals surface area contributed by atoms with Gasteiger partial charge in [0.05, 0.1) is 0 Å². The molecule has 1 aliphatic heterocycles. The Morgan fingerprint density at radius 1 is 0.964 bits per heavy atom. The Bertz CT molecular complexity index is 1050. The van der Waals surface area contributed by atoms with E-state index in [9.17, 15) is 4.79 Å². The summed E-state index contributed by atoms with van der Waals surface area (Å²) in [6.45, 7) is 11.2. The second-order valence-corrected chi connectivity index (χ2v) is 7.83. The van der Waals surface area contributed by atoms with E-state index in [1.54, 1.807) is 6.07 Å². The molecule has 0 aliphatic carbocycles. The van der Waals surface area contributed by atoms with Crippen molar-refractivity contribution in [2.24, 2.45) is 0 Å². The number of fused-ring (bicyclic) bond motifs is 1. The molecule has 0 bridgehead atoms. The van der Waals surface area contributed by atoms with Crippen molar-refractivity contribution < 1.29 is 4.42 Å². The lowest BCUT2D eigenvalue weighted by atomic mass is 10.0. The molecule has 0 atom stereocenters. The molecule has 4 heteroatoms. The van der Waals surface area contributed by atoms with Gasteiger partial charge in [-0.05, 0) is 60.7 Å². The number of hydrogen-bond acceptors (Lipinski definition) is 4. The van der Waals surface area contributed by atoms with Crippen LogP contribution in [-0.2, 0) is 13.0 Å². The number of hydrogen-bond donors (Lipinski definition) is 0. The van der Waals surface area contributed by atoms with E-state index >= 15 is 0 Å². The Hall–Kier alpha value is -2.59. The zero-order valence-electron chi connectivity index (χ0n) is 17.0. The van der Waals surface area contributed by atoms with Gasteiger partial charge in [-0.15, -0.1) is 0 Å². The Kier molecular flexibility index (Phi) is 5.23. The average molecular weight is 377 g/mol. The van der Waals surface area contributed by atoms with Gasteiger partial charge in [0.15, 0.2) is 0 Å². The molecule has 4 rings (SSSR count). The number of rotatable bonds is 4. The number of aryl methyl sites for hydroxylation is 3. The van der Waals surface area contributed by atoms with Crippen LogP contribution in [0.5, 0.6) is 0 Å². The van der Waals surface area contributed by atoms with Crippen molar-refractivity contribution in [3.63, 3.8) is 0 Å². The first kappa shape index (κ1) is 18.8. The van der Waals surface area contributed by atoms with Crippen LogP contribution in [-0.4, -0.2) is 31.1 Å². The summed E-state index contributed by atoms with van der Waals surface area (Å²) >= 11 is 0. The van der Waals surface area contributed by atoms with Crippen LogP contribution in [0.2, 0.25) is 0 Å². The van der Waals surface area contributed by atoms with Crippen LogP contribution in [0.1, 0.15) is 29.2 Å². The van der Waals surface area contributed by atoms with Crippen LogP contribution < -0.4 is 10.5 Å². The summed E-state index contributed by atoms with van der Waals surface area (Å²) in [4.78, 5) is 16.9. The van der Waals surface area contributed by atoms with Crippen LogP contribution in [0, 0.1) is 13.8 Å². The van der Waals surface area contributed by atoms with Gasteiger partial charge >= 0.3 is 5.63 Å². The molecular weight excluding hydrogens is 348 g/mol. The molecule has 0 spiro atoms. The zero-order chi connectivity index (χ0) is 19.7. The highest BCUT2D eigenvalue weighted by atomic mass is 16.4. The first-order valence-electron chi connectivity index (χ1n) is 10.1. The van der Waals surface area contributed by atoms with Crippen molar-refractivity contribution in [2.75, 3.05) is 31.1 Å². The first-order valence-corrected chi connectivity index (χ1v) is 10.1. The smallest absolute Gasteiger partial charge is 0.336 e. The van der Waals surface area contributed by atoms with Crippen LogP contribution in [0.15, 0.2) is 51.7 Å². The molecule has 1 aromatic heterocycles. The predicted molar refractivity (Wildman–Crippen MR) is 115 cm³/mol. The highest BCUT2D eigenvalue weighted by molar-refractivity contribution is 5.81. The van der Waals surface area contributed by atoms with E-state index in [4.69, 9.17) is 4.42 Å². The van der Waals surface area contributed by atoms with E-state index < -0.39 is 0 Å². The molecule has 1 saturated heterocycles. The summed E-state index contributed by atoms with van der Waals surface area (Å²) in [5.74, 6) is 0. The molecule has 0 unspecified atom stereocenters. The van der Waals surface area contributed by atoms with Crippen molar-refractivity contribution in [3.05, 3.63) is 75.1 Å². The van der Waals surface area contributed by atoms with Gasteiger partial charge in [-0.25, -0.2) is 4.79 Å². The van der Waals surface area contributed by atoms with Gasteiger partial charge in [-0.1, -0.05) is 25.1 Å². The molecule has 2 aromatic carbocycles. The second-order valence-electron chi connectivity index (χ2n) is 7.83. The first-order chi connectivity index (χ1) is 13.5. The van der Waals surface area contributed by atoms with Crippen LogP contribution in [0.25, 0.3) is 11.0 Å². The van der Waals surface area contributed by atoms with E-state index in [0.29, 0.717) is 5.58 Å². The van der Waals surface area contributed by atoms with Crippen molar-refractivity contribution in [1.82, 2.24) is 4.90 Å². The van der Waals surface area contributed by atoms with Crippen LogP contribution >= 0.6 is 0 Å². The van der Waals surface area contributed by atoms with E-state index in [2.05, 4.69) is 54.8 Å². The van der Waals surface area contributed by atoms with Gasteiger partial charge in [0.1, 0.15) is 5.58 Å². The average Bonchev–Trinajstić information content (AvgIpc) is 2.70.